The molecule has 0 radical (unpaired) electrons. The lowest BCUT2D eigenvalue weighted by Crippen LogP contribution is -2.13. The minimum atomic E-state index is -4.22. The second kappa shape index (κ2) is 11.6. The molecular formula is C26H21ClN2O7S. The van der Waals surface area contributed by atoms with Crippen molar-refractivity contribution in [2.24, 2.45) is 0 Å². The number of nitrogens with zero attached hydrogens (tertiary/aromatic N) is 1. The van der Waals surface area contributed by atoms with Crippen LogP contribution in [0.1, 0.15) is 28.4 Å². The summed E-state index contributed by atoms with van der Waals surface area (Å²) in [7, 11) is -4.22. The fraction of sp³-hybridized carbons (Fsp3) is 0.115. The molecule has 0 aromatic heterocycles. The Balaban J connectivity index is 1.90. The van der Waals surface area contributed by atoms with Crippen LogP contribution >= 0.6 is 11.6 Å². The van der Waals surface area contributed by atoms with Crippen molar-refractivity contribution in [2.45, 2.75) is 18.7 Å². The maximum Gasteiger partial charge on any atom is 0.339 e. The van der Waals surface area contributed by atoms with Gasteiger partial charge >= 0.3 is 16.1 Å². The number of hydrogen-bond acceptors (Lipinski definition) is 7. The lowest BCUT2D eigenvalue weighted by molar-refractivity contribution is -0.112. The van der Waals surface area contributed by atoms with Gasteiger partial charge in [0, 0.05) is 5.69 Å². The zero-order valence-corrected chi connectivity index (χ0v) is 21.3. The third kappa shape index (κ3) is 6.88. The first-order valence-corrected chi connectivity index (χ1v) is 12.6. The fourth-order valence-corrected chi connectivity index (χ4v) is 4.35. The van der Waals surface area contributed by atoms with Gasteiger partial charge in [0.2, 0.25) is 5.75 Å². The van der Waals surface area contributed by atoms with Gasteiger partial charge in [-0.05, 0) is 74.0 Å². The number of rotatable bonds is 9. The minimum Gasteiger partial charge on any atom is -0.490 e. The Hall–Kier alpha value is -4.33. The van der Waals surface area contributed by atoms with E-state index >= 15 is 0 Å². The van der Waals surface area contributed by atoms with Crippen molar-refractivity contribution in [3.8, 4) is 17.6 Å². The summed E-state index contributed by atoms with van der Waals surface area (Å²) in [6.07, 6.45) is 1.24. The SMILES string of the molecule is CCOc1cc(/C=C(\C#N)C(=O)Nc2ccc(C(=O)O)cc2)cc(Cl)c1OS(=O)(=O)c1ccc(C)cc1. The van der Waals surface area contributed by atoms with Crippen molar-refractivity contribution in [3.05, 3.63) is 87.9 Å². The van der Waals surface area contributed by atoms with E-state index < -0.39 is 22.0 Å². The van der Waals surface area contributed by atoms with Crippen molar-refractivity contribution < 1.29 is 32.0 Å². The number of nitriles is 1. The molecular weight excluding hydrogens is 520 g/mol. The predicted octanol–water partition coefficient (Wildman–Crippen LogP) is 5.06. The molecule has 0 heterocycles. The molecule has 190 valence electrons. The van der Waals surface area contributed by atoms with Crippen LogP contribution in [0.5, 0.6) is 11.5 Å². The summed E-state index contributed by atoms with van der Waals surface area (Å²) in [5.41, 5.74) is 1.19. The number of carboxylic acid groups (broad SMARTS) is 1. The minimum absolute atomic E-state index is 0.00102. The summed E-state index contributed by atoms with van der Waals surface area (Å²) >= 11 is 6.34. The van der Waals surface area contributed by atoms with Crippen molar-refractivity contribution >= 4 is 45.4 Å². The number of halogens is 1. The average molecular weight is 541 g/mol. The maximum absolute atomic E-state index is 12.8. The highest BCUT2D eigenvalue weighted by molar-refractivity contribution is 7.87. The van der Waals surface area contributed by atoms with E-state index in [9.17, 15) is 23.3 Å². The van der Waals surface area contributed by atoms with E-state index in [2.05, 4.69) is 5.32 Å². The normalized spacial score (nSPS) is 11.4. The first-order valence-electron chi connectivity index (χ1n) is 10.8. The molecule has 3 aromatic carbocycles. The fourth-order valence-electron chi connectivity index (χ4n) is 3.09. The second-order valence-electron chi connectivity index (χ2n) is 7.62. The first-order chi connectivity index (χ1) is 17.5. The molecule has 3 rings (SSSR count). The molecule has 2 N–H and O–H groups in total. The van der Waals surface area contributed by atoms with E-state index in [0.29, 0.717) is 0 Å². The quantitative estimate of drug-likeness (QED) is 0.218. The van der Waals surface area contributed by atoms with Gasteiger partial charge in [-0.15, -0.1) is 0 Å². The van der Waals surface area contributed by atoms with Gasteiger partial charge in [0.25, 0.3) is 5.91 Å². The molecule has 3 aromatic rings. The number of ether oxygens (including phenoxy) is 1. The van der Waals surface area contributed by atoms with Crippen LogP contribution in [0.3, 0.4) is 0 Å². The number of carboxylic acids is 1. The van der Waals surface area contributed by atoms with Crippen LogP contribution in [-0.2, 0) is 14.9 Å². The Labute approximate surface area is 218 Å². The van der Waals surface area contributed by atoms with Crippen molar-refractivity contribution in [2.75, 3.05) is 11.9 Å². The average Bonchev–Trinajstić information content (AvgIpc) is 2.85. The van der Waals surface area contributed by atoms with Crippen LogP contribution < -0.4 is 14.2 Å². The number of aryl methyl sites for hydroxylation is 1. The van der Waals surface area contributed by atoms with E-state index in [0.717, 1.165) is 5.56 Å². The molecule has 0 atom stereocenters. The zero-order valence-electron chi connectivity index (χ0n) is 19.7. The molecule has 9 nitrogen and oxygen atoms in total. The van der Waals surface area contributed by atoms with Crippen LogP contribution in [-0.4, -0.2) is 32.0 Å². The van der Waals surface area contributed by atoms with Gasteiger partial charge in [-0.2, -0.15) is 13.7 Å². The Morgan fingerprint density at radius 3 is 2.32 bits per heavy atom. The number of carbonyl (C=O) groups excluding carboxylic acids is 1. The summed E-state index contributed by atoms with van der Waals surface area (Å²) < 4.78 is 36.4. The molecule has 1 amide bonds. The van der Waals surface area contributed by atoms with Crippen LogP contribution in [0.4, 0.5) is 5.69 Å². The van der Waals surface area contributed by atoms with E-state index in [-0.39, 0.29) is 50.4 Å². The van der Waals surface area contributed by atoms with Gasteiger partial charge in [0.1, 0.15) is 16.5 Å². The summed E-state index contributed by atoms with van der Waals surface area (Å²) in [4.78, 5) is 23.5. The number of anilines is 1. The van der Waals surface area contributed by atoms with Gasteiger partial charge in [-0.1, -0.05) is 29.3 Å². The lowest BCUT2D eigenvalue weighted by Gasteiger charge is -2.14. The number of nitrogens with one attached hydrogen (secondary N) is 1. The molecule has 0 bridgehead atoms. The van der Waals surface area contributed by atoms with Crippen LogP contribution in [0, 0.1) is 18.3 Å². The van der Waals surface area contributed by atoms with Crippen LogP contribution in [0.25, 0.3) is 6.08 Å². The van der Waals surface area contributed by atoms with E-state index in [1.54, 1.807) is 25.1 Å². The van der Waals surface area contributed by atoms with Gasteiger partial charge in [-0.3, -0.25) is 4.79 Å². The molecule has 37 heavy (non-hydrogen) atoms. The Morgan fingerprint density at radius 1 is 1.11 bits per heavy atom. The van der Waals surface area contributed by atoms with E-state index in [1.807, 2.05) is 6.92 Å². The Kier molecular flexibility index (Phi) is 8.55. The Morgan fingerprint density at radius 2 is 1.76 bits per heavy atom. The molecule has 0 aliphatic heterocycles. The summed E-state index contributed by atoms with van der Waals surface area (Å²) in [5, 5.41) is 20.9. The van der Waals surface area contributed by atoms with Gasteiger partial charge < -0.3 is 19.3 Å². The Bertz CT molecular complexity index is 1510. The number of aromatic carboxylic acids is 1. The van der Waals surface area contributed by atoms with Crippen molar-refractivity contribution in [1.82, 2.24) is 0 Å². The second-order valence-corrected chi connectivity index (χ2v) is 9.57. The summed E-state index contributed by atoms with van der Waals surface area (Å²) in [6.45, 7) is 3.65. The van der Waals surface area contributed by atoms with Crippen molar-refractivity contribution in [3.63, 3.8) is 0 Å². The summed E-state index contributed by atoms with van der Waals surface area (Å²) in [6, 6.07) is 16.0. The highest BCUT2D eigenvalue weighted by Crippen LogP contribution is 2.39. The molecule has 0 unspecified atom stereocenters. The highest BCUT2D eigenvalue weighted by atomic mass is 35.5. The first kappa shape index (κ1) is 27.3. The third-order valence-corrected chi connectivity index (χ3v) is 6.42. The molecule has 11 heteroatoms. The molecule has 0 fully saturated rings. The van der Waals surface area contributed by atoms with Gasteiger partial charge in [0.05, 0.1) is 17.2 Å². The van der Waals surface area contributed by atoms with Gasteiger partial charge in [-0.25, -0.2) is 4.79 Å². The number of hydrogen-bond donors (Lipinski definition) is 2. The van der Waals surface area contributed by atoms with Crippen LogP contribution in [0.15, 0.2) is 71.1 Å². The lowest BCUT2D eigenvalue weighted by atomic mass is 10.1. The molecule has 0 spiro atoms. The number of amides is 1. The standard InChI is InChI=1S/C26H21ClN2O7S/c1-3-35-23-14-17(12-19(15-28)25(30)29-20-8-6-18(7-9-20)26(31)32)13-22(27)24(23)36-37(33,34)21-10-4-16(2)5-11-21/h4-14H,3H2,1-2H3,(H,29,30)(H,31,32)/b19-12+. The topological polar surface area (TPSA) is 143 Å². The third-order valence-electron chi connectivity index (χ3n) is 4.90. The van der Waals surface area contributed by atoms with Gasteiger partial charge in [0.15, 0.2) is 5.75 Å². The van der Waals surface area contributed by atoms with Crippen molar-refractivity contribution in [1.29, 1.82) is 5.26 Å². The number of benzene rings is 3. The van der Waals surface area contributed by atoms with Crippen LogP contribution in [0.2, 0.25) is 5.02 Å². The predicted molar refractivity (Wildman–Crippen MR) is 137 cm³/mol. The maximum atomic E-state index is 12.8. The molecule has 0 saturated heterocycles. The number of carbonyl (C=O) groups is 2. The highest BCUT2D eigenvalue weighted by Gasteiger charge is 2.23. The monoisotopic (exact) mass is 540 g/mol. The van der Waals surface area contributed by atoms with E-state index in [1.165, 1.54) is 54.6 Å². The molecule has 0 aliphatic rings. The summed E-state index contributed by atoms with van der Waals surface area (Å²) in [5.74, 6) is -2.10. The van der Waals surface area contributed by atoms with E-state index in [4.69, 9.17) is 25.6 Å². The smallest absolute Gasteiger partial charge is 0.339 e. The molecule has 0 saturated carbocycles. The molecule has 0 aliphatic carbocycles. The zero-order chi connectivity index (χ0) is 27.2. The largest absolute Gasteiger partial charge is 0.490 e.